The second-order valence-electron chi connectivity index (χ2n) is 5.97. The first kappa shape index (κ1) is 20.0. The fourth-order valence-electron chi connectivity index (χ4n) is 2.74. The largest absolute Gasteiger partial charge is 0.387 e. The van der Waals surface area contributed by atoms with Crippen molar-refractivity contribution in [2.24, 2.45) is 5.73 Å². The molecular formula is C13H21N6O7P. The Morgan fingerprint density at radius 2 is 2.07 bits per heavy atom. The van der Waals surface area contributed by atoms with Gasteiger partial charge in [-0.05, 0) is 0 Å². The van der Waals surface area contributed by atoms with Crippen molar-refractivity contribution >= 4 is 24.6 Å². The molecule has 3 rings (SSSR count). The highest BCUT2D eigenvalue weighted by molar-refractivity contribution is 7.51. The van der Waals surface area contributed by atoms with Crippen molar-refractivity contribution in [1.29, 1.82) is 0 Å². The molecule has 0 spiro atoms. The van der Waals surface area contributed by atoms with Gasteiger partial charge < -0.3 is 40.5 Å². The van der Waals surface area contributed by atoms with Gasteiger partial charge in [-0.2, -0.15) is 0 Å². The zero-order valence-corrected chi connectivity index (χ0v) is 15.0. The molecule has 13 nitrogen and oxygen atoms in total. The number of hydrogen-bond acceptors (Lipinski definition) is 10. The molecule has 7 N–H and O–H groups in total. The van der Waals surface area contributed by atoms with Gasteiger partial charge in [0.2, 0.25) is 0 Å². The van der Waals surface area contributed by atoms with E-state index in [4.69, 9.17) is 25.0 Å². The third-order valence-corrected chi connectivity index (χ3v) is 4.47. The highest BCUT2D eigenvalue weighted by Crippen LogP contribution is 2.36. The van der Waals surface area contributed by atoms with Crippen molar-refractivity contribution in [3.05, 3.63) is 12.7 Å². The smallest absolute Gasteiger partial charge is 0.350 e. The van der Waals surface area contributed by atoms with E-state index in [1.54, 1.807) is 0 Å². The average molecular weight is 404 g/mol. The first-order chi connectivity index (χ1) is 12.8. The van der Waals surface area contributed by atoms with Crippen molar-refractivity contribution < 1.29 is 34.0 Å². The summed E-state index contributed by atoms with van der Waals surface area (Å²) in [5.74, 6) is 0.471. The maximum Gasteiger partial charge on any atom is 0.350 e. The molecule has 1 fully saturated rings. The highest BCUT2D eigenvalue weighted by Gasteiger charge is 2.44. The fourth-order valence-corrected chi connectivity index (χ4v) is 3.09. The van der Waals surface area contributed by atoms with E-state index >= 15 is 0 Å². The lowest BCUT2D eigenvalue weighted by Gasteiger charge is -2.16. The fraction of sp³-hybridized carbons (Fsp3) is 0.615. The van der Waals surface area contributed by atoms with E-state index in [2.05, 4.69) is 20.3 Å². The van der Waals surface area contributed by atoms with Gasteiger partial charge in [-0.25, -0.2) is 15.0 Å². The number of nitrogens with two attached hydrogens (primary N) is 1. The average Bonchev–Trinajstić information content (AvgIpc) is 3.15. The van der Waals surface area contributed by atoms with Crippen molar-refractivity contribution in [1.82, 2.24) is 19.5 Å². The summed E-state index contributed by atoms with van der Waals surface area (Å²) in [6.45, 7) is 0.586. The summed E-state index contributed by atoms with van der Waals surface area (Å²) in [6, 6.07) is 0. The number of imidazole rings is 1. The lowest BCUT2D eigenvalue weighted by Crippen LogP contribution is -2.33. The van der Waals surface area contributed by atoms with E-state index < -0.39 is 38.5 Å². The maximum atomic E-state index is 10.8. The van der Waals surface area contributed by atoms with Crippen LogP contribution in [0.4, 0.5) is 5.82 Å². The van der Waals surface area contributed by atoms with Gasteiger partial charge in [-0.3, -0.25) is 9.13 Å². The number of fused-ring (bicyclic) bond motifs is 1. The molecule has 0 unspecified atom stereocenters. The highest BCUT2D eigenvalue weighted by atomic mass is 31.2. The van der Waals surface area contributed by atoms with Crippen LogP contribution in [0.5, 0.6) is 0 Å². The van der Waals surface area contributed by atoms with Crippen molar-refractivity contribution in [2.45, 2.75) is 24.5 Å². The molecule has 2 aromatic rings. The molecule has 0 radical (unpaired) electrons. The predicted octanol–water partition coefficient (Wildman–Crippen LogP) is -2.03. The Morgan fingerprint density at radius 3 is 2.78 bits per heavy atom. The molecule has 2 aromatic heterocycles. The quantitative estimate of drug-likeness (QED) is 0.264. The monoisotopic (exact) mass is 404 g/mol. The summed E-state index contributed by atoms with van der Waals surface area (Å²) in [4.78, 5) is 30.1. The number of nitrogens with one attached hydrogen (secondary N) is 1. The van der Waals surface area contributed by atoms with Crippen LogP contribution in [0.25, 0.3) is 11.2 Å². The lowest BCUT2D eigenvalue weighted by molar-refractivity contribution is -0.0612. The molecule has 0 bridgehead atoms. The van der Waals surface area contributed by atoms with E-state index in [1.807, 2.05) is 0 Å². The van der Waals surface area contributed by atoms with Gasteiger partial charge in [0, 0.05) is 13.1 Å². The van der Waals surface area contributed by atoms with E-state index in [0.717, 1.165) is 0 Å². The molecule has 0 aliphatic carbocycles. The summed E-state index contributed by atoms with van der Waals surface area (Å²) >= 11 is 0. The number of aliphatic hydroxyl groups excluding tert-OH is 2. The Kier molecular flexibility index (Phi) is 6.03. The van der Waals surface area contributed by atoms with Gasteiger partial charge in [-0.1, -0.05) is 0 Å². The molecular weight excluding hydrogens is 383 g/mol. The van der Waals surface area contributed by atoms with Crippen LogP contribution in [-0.4, -0.2) is 83.9 Å². The maximum absolute atomic E-state index is 10.8. The van der Waals surface area contributed by atoms with E-state index in [1.165, 1.54) is 17.2 Å². The molecule has 0 amide bonds. The van der Waals surface area contributed by atoms with Crippen LogP contribution < -0.4 is 11.1 Å². The topological polar surface area (TPSA) is 198 Å². The van der Waals surface area contributed by atoms with E-state index in [9.17, 15) is 14.8 Å². The van der Waals surface area contributed by atoms with Crippen LogP contribution in [0, 0.1) is 0 Å². The molecule has 1 saturated heterocycles. The Labute approximate surface area is 153 Å². The molecule has 0 aromatic carbocycles. The van der Waals surface area contributed by atoms with Crippen LogP contribution >= 0.6 is 7.60 Å². The molecule has 150 valence electrons. The van der Waals surface area contributed by atoms with Crippen molar-refractivity contribution in [2.75, 3.05) is 31.4 Å². The molecule has 1 aliphatic rings. The van der Waals surface area contributed by atoms with Gasteiger partial charge in [0.15, 0.2) is 23.2 Å². The Morgan fingerprint density at radius 1 is 1.30 bits per heavy atom. The van der Waals surface area contributed by atoms with Crippen molar-refractivity contribution in [3.63, 3.8) is 0 Å². The van der Waals surface area contributed by atoms with Crippen LogP contribution in [0.3, 0.4) is 0 Å². The Balaban J connectivity index is 1.77. The minimum absolute atomic E-state index is 0.301. The standard InChI is InChI=1S/C13H21N6O7P/c14-1-2-15-11-8-12(17-4-16-11)19(5-18-8)13-10(21)9(20)7(26-13)3-25-6-27(22,23)24/h4-5,7,9-10,13,20-21H,1-3,6,14H2,(H,15,16,17)(H2,22,23,24)/t7-,9-,10-,13-/m1/s1. The number of hydrogen-bond donors (Lipinski definition) is 6. The first-order valence-corrected chi connectivity index (χ1v) is 9.87. The van der Waals surface area contributed by atoms with Crippen LogP contribution in [0.15, 0.2) is 12.7 Å². The molecule has 27 heavy (non-hydrogen) atoms. The summed E-state index contributed by atoms with van der Waals surface area (Å²) in [6.07, 6.45) is -2.72. The van der Waals surface area contributed by atoms with Crippen molar-refractivity contribution in [3.8, 4) is 0 Å². The van der Waals surface area contributed by atoms with Gasteiger partial charge in [0.05, 0.1) is 12.9 Å². The Hall–Kier alpha value is -1.70. The number of anilines is 1. The predicted molar refractivity (Wildman–Crippen MR) is 91.7 cm³/mol. The summed E-state index contributed by atoms with van der Waals surface area (Å²) < 4.78 is 22.8. The number of aromatic nitrogens is 4. The number of aliphatic hydroxyl groups is 2. The third-order valence-electron chi connectivity index (χ3n) is 3.95. The molecule has 0 saturated carbocycles. The van der Waals surface area contributed by atoms with Crippen LogP contribution in [0.1, 0.15) is 6.23 Å². The van der Waals surface area contributed by atoms with Crippen LogP contribution in [0.2, 0.25) is 0 Å². The summed E-state index contributed by atoms with van der Waals surface area (Å²) in [5.41, 5.74) is 6.28. The van der Waals surface area contributed by atoms with Gasteiger partial charge in [0.1, 0.15) is 31.0 Å². The number of ether oxygens (including phenoxy) is 2. The first-order valence-electron chi connectivity index (χ1n) is 8.07. The number of rotatable bonds is 8. The summed E-state index contributed by atoms with van der Waals surface area (Å²) in [5, 5.41) is 23.5. The second kappa shape index (κ2) is 8.12. The third kappa shape index (κ3) is 4.42. The molecule has 1 aliphatic heterocycles. The molecule has 14 heteroatoms. The minimum atomic E-state index is -4.34. The van der Waals surface area contributed by atoms with Gasteiger partial charge >= 0.3 is 7.60 Å². The zero-order valence-electron chi connectivity index (χ0n) is 14.1. The van der Waals surface area contributed by atoms with Gasteiger partial charge in [0.25, 0.3) is 0 Å². The zero-order chi connectivity index (χ0) is 19.6. The minimum Gasteiger partial charge on any atom is -0.387 e. The Bertz CT molecular complexity index is 829. The van der Waals surface area contributed by atoms with E-state index in [-0.39, 0.29) is 6.61 Å². The normalized spacial score (nSPS) is 26.0. The van der Waals surface area contributed by atoms with Crippen LogP contribution in [-0.2, 0) is 14.0 Å². The number of nitrogens with zero attached hydrogens (tertiary/aromatic N) is 4. The lowest BCUT2D eigenvalue weighted by atomic mass is 10.1. The van der Waals surface area contributed by atoms with Gasteiger partial charge in [-0.15, -0.1) is 0 Å². The molecule has 4 atom stereocenters. The van der Waals surface area contributed by atoms with E-state index in [0.29, 0.717) is 30.1 Å². The summed E-state index contributed by atoms with van der Waals surface area (Å²) in [7, 11) is -4.34. The SMILES string of the molecule is NCCNc1ncnc2c1ncn2[C@@H]1O[C@H](COCP(=O)(O)O)[C@@H](O)[C@H]1O. The molecule has 3 heterocycles. The second-order valence-corrected chi connectivity index (χ2v) is 7.56.